The molecule has 0 aliphatic heterocycles. The molecule has 0 spiro atoms. The van der Waals surface area contributed by atoms with Gasteiger partial charge in [0, 0.05) is 17.9 Å². The fourth-order valence-electron chi connectivity index (χ4n) is 5.93. The number of benzene rings is 3. The number of unbranched alkanes of at least 4 members (excludes halogenated alkanes) is 3. The average Bonchev–Trinajstić information content (AvgIpc) is 3.50. The molecule has 0 saturated heterocycles. The summed E-state index contributed by atoms with van der Waals surface area (Å²) in [6.07, 6.45) is 13.5. The number of nitrogens with zero attached hydrogens (tertiary/aromatic N) is 1. The van der Waals surface area contributed by atoms with Crippen LogP contribution in [-0.2, 0) is 9.53 Å². The molecule has 1 heterocycles. The first-order valence-corrected chi connectivity index (χ1v) is 17.7. The Bertz CT molecular complexity index is 1590. The number of fused-ring (bicyclic) bond motifs is 1. The van der Waals surface area contributed by atoms with Crippen LogP contribution in [0.5, 0.6) is 11.5 Å². The molecule has 1 fully saturated rings. The Balaban J connectivity index is 0.000000438. The highest BCUT2D eigenvalue weighted by Gasteiger charge is 2.23. The van der Waals surface area contributed by atoms with Crippen molar-refractivity contribution in [2.45, 2.75) is 77.0 Å². The summed E-state index contributed by atoms with van der Waals surface area (Å²) in [6, 6.07) is 20.7. The fourth-order valence-corrected chi connectivity index (χ4v) is 6.67. The molecule has 3 N–H and O–H groups in total. The van der Waals surface area contributed by atoms with Crippen LogP contribution in [0.3, 0.4) is 0 Å². The number of hydrogen-bond acceptors (Lipinski definition) is 9. The summed E-state index contributed by atoms with van der Waals surface area (Å²) in [5.41, 5.74) is 8.78. The van der Waals surface area contributed by atoms with Crippen molar-refractivity contribution in [2.24, 2.45) is 5.92 Å². The van der Waals surface area contributed by atoms with Crippen LogP contribution >= 0.6 is 11.3 Å². The van der Waals surface area contributed by atoms with Gasteiger partial charge in [-0.1, -0.05) is 55.9 Å². The third-order valence-electron chi connectivity index (χ3n) is 8.53. The number of aromatic nitrogens is 1. The summed E-state index contributed by atoms with van der Waals surface area (Å²) in [5, 5.41) is 8.50. The van der Waals surface area contributed by atoms with E-state index in [0.29, 0.717) is 46.9 Å². The van der Waals surface area contributed by atoms with Crippen molar-refractivity contribution < 1.29 is 23.8 Å². The first-order valence-electron chi connectivity index (χ1n) is 16.9. The number of carbonyl (C=O) groups is 2. The largest absolute Gasteiger partial charge is 0.494 e. The van der Waals surface area contributed by atoms with Crippen molar-refractivity contribution in [3.8, 4) is 11.5 Å². The van der Waals surface area contributed by atoms with E-state index in [0.717, 1.165) is 41.8 Å². The van der Waals surface area contributed by atoms with E-state index in [2.05, 4.69) is 18.5 Å². The number of hydrogen-bond donors (Lipinski definition) is 2. The van der Waals surface area contributed by atoms with Crippen LogP contribution in [-0.4, -0.2) is 36.4 Å². The first kappa shape index (κ1) is 36.3. The van der Waals surface area contributed by atoms with Gasteiger partial charge in [-0.3, -0.25) is 0 Å². The molecule has 3 aromatic carbocycles. The number of rotatable bonds is 15. The van der Waals surface area contributed by atoms with E-state index >= 15 is 0 Å². The van der Waals surface area contributed by atoms with Gasteiger partial charge in [0.25, 0.3) is 0 Å². The van der Waals surface area contributed by atoms with Crippen LogP contribution in [0.1, 0.15) is 98.5 Å². The van der Waals surface area contributed by atoms with Gasteiger partial charge >= 0.3 is 11.9 Å². The van der Waals surface area contributed by atoms with Crippen molar-refractivity contribution in [3.05, 3.63) is 96.1 Å². The number of nitrogen functional groups attached to an aromatic ring is 1. The lowest BCUT2D eigenvalue weighted by Crippen LogP contribution is -2.14. The molecule has 0 radical (unpaired) electrons. The van der Waals surface area contributed by atoms with Gasteiger partial charge < -0.3 is 25.4 Å². The molecule has 48 heavy (non-hydrogen) atoms. The lowest BCUT2D eigenvalue weighted by Gasteiger charge is -2.29. The monoisotopic (exact) mass is 669 g/mol. The van der Waals surface area contributed by atoms with E-state index in [-0.39, 0.29) is 5.97 Å². The zero-order chi connectivity index (χ0) is 34.1. The third-order valence-corrected chi connectivity index (χ3v) is 9.39. The third kappa shape index (κ3) is 11.3. The standard InChI is InChI=1S/C32H41NO5.C7H6N2S/c1-3-9-24-10-12-25(13-11-24)27-16-19-30(28(22-27)23-33)38-32(35)26-14-17-29(18-15-26)36-20-7-5-6-8-21-37-31(34)4-2;8-7-9-5-3-1-2-4-6(5)10-7/h4,14-19,22-25,33H,2-3,5-13,20-21H2,1H3;1-4H,(H2,8,9). The smallest absolute Gasteiger partial charge is 0.343 e. The Kier molecular flexibility index (Phi) is 14.7. The second-order valence-electron chi connectivity index (χ2n) is 12.0. The molecule has 4 aromatic rings. The molecule has 0 amide bonds. The summed E-state index contributed by atoms with van der Waals surface area (Å²) < 4.78 is 17.5. The van der Waals surface area contributed by atoms with Crippen LogP contribution in [0.25, 0.3) is 10.2 Å². The summed E-state index contributed by atoms with van der Waals surface area (Å²) >= 11 is 1.52. The van der Waals surface area contributed by atoms with Crippen molar-refractivity contribution >= 4 is 44.8 Å². The second kappa shape index (κ2) is 19.4. The molecule has 254 valence electrons. The quantitative estimate of drug-likeness (QED) is 0.0425. The maximum Gasteiger partial charge on any atom is 0.343 e. The molecule has 0 unspecified atom stereocenters. The summed E-state index contributed by atoms with van der Waals surface area (Å²) in [7, 11) is 0. The Morgan fingerprint density at radius 1 is 0.979 bits per heavy atom. The minimum atomic E-state index is -0.454. The second-order valence-corrected chi connectivity index (χ2v) is 13.1. The van der Waals surface area contributed by atoms with E-state index in [9.17, 15) is 9.59 Å². The van der Waals surface area contributed by atoms with Crippen LogP contribution in [0, 0.1) is 11.3 Å². The van der Waals surface area contributed by atoms with E-state index < -0.39 is 5.97 Å². The van der Waals surface area contributed by atoms with Crippen LogP contribution in [0.4, 0.5) is 5.13 Å². The van der Waals surface area contributed by atoms with Gasteiger partial charge in [0.2, 0.25) is 0 Å². The minimum Gasteiger partial charge on any atom is -0.494 e. The highest BCUT2D eigenvalue weighted by atomic mass is 32.1. The summed E-state index contributed by atoms with van der Waals surface area (Å²) in [5.74, 6) is 1.63. The maximum atomic E-state index is 12.7. The number of nitrogens with two attached hydrogens (primary N) is 1. The van der Waals surface area contributed by atoms with Crippen molar-refractivity contribution in [1.82, 2.24) is 4.98 Å². The van der Waals surface area contributed by atoms with Gasteiger partial charge in [0.15, 0.2) is 5.13 Å². The van der Waals surface area contributed by atoms with E-state index in [1.54, 1.807) is 24.3 Å². The lowest BCUT2D eigenvalue weighted by atomic mass is 9.77. The number of nitrogens with one attached hydrogen (secondary N) is 1. The number of anilines is 1. The van der Waals surface area contributed by atoms with Gasteiger partial charge in [0.1, 0.15) is 11.5 Å². The highest BCUT2D eigenvalue weighted by molar-refractivity contribution is 7.22. The Morgan fingerprint density at radius 3 is 2.40 bits per heavy atom. The van der Waals surface area contributed by atoms with Crippen LogP contribution in [0.15, 0.2) is 79.4 Å². The Labute approximate surface area is 287 Å². The first-order chi connectivity index (χ1) is 23.4. The zero-order valence-electron chi connectivity index (χ0n) is 27.8. The van der Waals surface area contributed by atoms with Crippen LogP contribution < -0.4 is 15.2 Å². The molecular formula is C39H47N3O5S. The normalized spacial score (nSPS) is 15.5. The van der Waals surface area contributed by atoms with Gasteiger partial charge in [0.05, 0.1) is 29.0 Å². The molecule has 1 saturated carbocycles. The molecule has 8 nitrogen and oxygen atoms in total. The fraction of sp³-hybridized carbons (Fsp3) is 0.385. The summed E-state index contributed by atoms with van der Waals surface area (Å²) in [6.45, 7) is 6.61. The Hall–Kier alpha value is -4.50. The molecule has 1 aromatic heterocycles. The molecule has 0 bridgehead atoms. The van der Waals surface area contributed by atoms with Crippen molar-refractivity contribution in [2.75, 3.05) is 18.9 Å². The Morgan fingerprint density at radius 2 is 1.71 bits per heavy atom. The highest BCUT2D eigenvalue weighted by Crippen LogP contribution is 2.38. The predicted molar refractivity (Wildman–Crippen MR) is 194 cm³/mol. The predicted octanol–water partition coefficient (Wildman–Crippen LogP) is 9.52. The van der Waals surface area contributed by atoms with Crippen molar-refractivity contribution in [3.63, 3.8) is 0 Å². The molecular weight excluding hydrogens is 623 g/mol. The lowest BCUT2D eigenvalue weighted by molar-refractivity contribution is -0.137. The molecule has 1 aliphatic rings. The van der Waals surface area contributed by atoms with Crippen molar-refractivity contribution in [1.29, 1.82) is 5.41 Å². The zero-order valence-corrected chi connectivity index (χ0v) is 28.6. The van der Waals surface area contributed by atoms with E-state index in [1.807, 2.05) is 42.5 Å². The summed E-state index contributed by atoms with van der Waals surface area (Å²) in [4.78, 5) is 27.8. The van der Waals surface area contributed by atoms with Gasteiger partial charge in [-0.25, -0.2) is 14.6 Å². The SMILES string of the molecule is C=CC(=O)OCCCCCCOc1ccc(C(=O)Oc2ccc(C3CCC(CCC)CC3)cc2C=N)cc1.Nc1nc2ccccc2s1. The number of para-hydroxylation sites is 1. The molecule has 0 atom stereocenters. The van der Waals surface area contributed by atoms with E-state index in [4.69, 9.17) is 25.4 Å². The number of carbonyl (C=O) groups excluding carboxylic acids is 2. The minimum absolute atomic E-state index is 0.385. The molecule has 1 aliphatic carbocycles. The van der Waals surface area contributed by atoms with Gasteiger partial charge in [-0.2, -0.15) is 0 Å². The van der Waals surface area contributed by atoms with Gasteiger partial charge in [-0.15, -0.1) is 0 Å². The van der Waals surface area contributed by atoms with Crippen LogP contribution in [0.2, 0.25) is 0 Å². The van der Waals surface area contributed by atoms with Gasteiger partial charge in [-0.05, 0) is 117 Å². The number of thiazole rings is 1. The molecule has 5 rings (SSSR count). The topological polar surface area (TPSA) is 125 Å². The average molecular weight is 670 g/mol. The maximum absolute atomic E-state index is 12.7. The number of esters is 2. The van der Waals surface area contributed by atoms with E-state index in [1.165, 1.54) is 67.7 Å². The number of ether oxygens (including phenoxy) is 3. The molecule has 9 heteroatoms.